The zero-order chi connectivity index (χ0) is 16.1. The molecule has 0 amide bonds. The predicted octanol–water partition coefficient (Wildman–Crippen LogP) is 2.87. The number of hydrogen-bond acceptors (Lipinski definition) is 4. The van der Waals surface area contributed by atoms with Crippen molar-refractivity contribution >= 4 is 22.8 Å². The predicted molar refractivity (Wildman–Crippen MR) is 88.5 cm³/mol. The van der Waals surface area contributed by atoms with Gasteiger partial charge in [0.05, 0.1) is 0 Å². The van der Waals surface area contributed by atoms with E-state index in [0.29, 0.717) is 11.3 Å². The SMILES string of the molecule is C=C(C)C(=O)OCCOC(=O)C[S+](CCCC)CCCC. The van der Waals surface area contributed by atoms with Gasteiger partial charge in [0.2, 0.25) is 5.75 Å². The summed E-state index contributed by atoms with van der Waals surface area (Å²) in [6.45, 7) is 9.61. The topological polar surface area (TPSA) is 52.6 Å². The lowest BCUT2D eigenvalue weighted by Crippen LogP contribution is -2.25. The third kappa shape index (κ3) is 11.4. The second-order valence-corrected chi connectivity index (χ2v) is 7.34. The van der Waals surface area contributed by atoms with E-state index in [-0.39, 0.29) is 30.1 Å². The van der Waals surface area contributed by atoms with Crippen LogP contribution in [0.3, 0.4) is 0 Å². The first-order valence-electron chi connectivity index (χ1n) is 7.63. The molecule has 0 aliphatic heterocycles. The van der Waals surface area contributed by atoms with E-state index in [0.717, 1.165) is 37.2 Å². The molecule has 0 aliphatic carbocycles. The van der Waals surface area contributed by atoms with Gasteiger partial charge in [-0.1, -0.05) is 33.3 Å². The number of hydrogen-bond donors (Lipinski definition) is 0. The van der Waals surface area contributed by atoms with E-state index in [2.05, 4.69) is 20.4 Å². The Hall–Kier alpha value is -0.970. The van der Waals surface area contributed by atoms with Crippen LogP contribution in [0.15, 0.2) is 12.2 Å². The Labute approximate surface area is 131 Å². The molecule has 0 aromatic carbocycles. The number of ether oxygens (including phenoxy) is 2. The van der Waals surface area contributed by atoms with Gasteiger partial charge in [0.15, 0.2) is 0 Å². The Bertz CT molecular complexity index is 320. The summed E-state index contributed by atoms with van der Waals surface area (Å²) in [5.74, 6) is 2.08. The third-order valence-corrected chi connectivity index (χ3v) is 5.20. The molecule has 0 saturated heterocycles. The Balaban J connectivity index is 3.90. The Morgan fingerprint density at radius 1 is 1.00 bits per heavy atom. The molecule has 0 aromatic rings. The van der Waals surface area contributed by atoms with Crippen molar-refractivity contribution in [2.24, 2.45) is 0 Å². The zero-order valence-electron chi connectivity index (χ0n) is 13.6. The molecule has 0 aliphatic rings. The van der Waals surface area contributed by atoms with Crippen LogP contribution in [-0.4, -0.2) is 42.4 Å². The van der Waals surface area contributed by atoms with Crippen molar-refractivity contribution in [3.05, 3.63) is 12.2 Å². The minimum absolute atomic E-state index is 0.0924. The maximum atomic E-state index is 11.8. The first kappa shape index (κ1) is 20.0. The van der Waals surface area contributed by atoms with E-state index in [9.17, 15) is 9.59 Å². The molecule has 0 unspecified atom stereocenters. The minimum atomic E-state index is -0.448. The van der Waals surface area contributed by atoms with Crippen molar-refractivity contribution in [3.63, 3.8) is 0 Å². The molecule has 0 atom stereocenters. The van der Waals surface area contributed by atoms with Crippen LogP contribution in [0.25, 0.3) is 0 Å². The molecule has 21 heavy (non-hydrogen) atoms. The first-order valence-corrected chi connectivity index (χ1v) is 9.36. The highest BCUT2D eigenvalue weighted by Crippen LogP contribution is 2.06. The Morgan fingerprint density at radius 3 is 2.00 bits per heavy atom. The Kier molecular flexibility index (Phi) is 12.2. The van der Waals surface area contributed by atoms with Crippen molar-refractivity contribution in [1.82, 2.24) is 0 Å². The van der Waals surface area contributed by atoms with Gasteiger partial charge in [-0.25, -0.2) is 9.59 Å². The average Bonchev–Trinajstić information content (AvgIpc) is 2.45. The highest BCUT2D eigenvalue weighted by Gasteiger charge is 2.22. The summed E-state index contributed by atoms with van der Waals surface area (Å²) in [4.78, 5) is 22.9. The fourth-order valence-corrected chi connectivity index (χ4v) is 3.87. The zero-order valence-corrected chi connectivity index (χ0v) is 14.4. The van der Waals surface area contributed by atoms with E-state index >= 15 is 0 Å². The molecule has 0 saturated carbocycles. The second kappa shape index (κ2) is 12.7. The third-order valence-electron chi connectivity index (χ3n) is 2.82. The van der Waals surface area contributed by atoms with Crippen LogP contribution >= 0.6 is 0 Å². The van der Waals surface area contributed by atoms with Crippen LogP contribution in [-0.2, 0) is 30.0 Å². The number of carbonyl (C=O) groups excluding carboxylic acids is 2. The molecule has 4 nitrogen and oxygen atoms in total. The summed E-state index contributed by atoms with van der Waals surface area (Å²) in [6, 6.07) is 0. The van der Waals surface area contributed by atoms with Gasteiger partial charge in [-0.05, 0) is 30.7 Å². The van der Waals surface area contributed by atoms with Gasteiger partial charge in [0, 0.05) is 5.57 Å². The first-order chi connectivity index (χ1) is 10.0. The second-order valence-electron chi connectivity index (χ2n) is 5.01. The van der Waals surface area contributed by atoms with Crippen LogP contribution in [0.4, 0.5) is 0 Å². The van der Waals surface area contributed by atoms with Gasteiger partial charge >= 0.3 is 11.9 Å². The summed E-state index contributed by atoms with van der Waals surface area (Å²) in [5, 5.41) is 0. The maximum absolute atomic E-state index is 11.8. The van der Waals surface area contributed by atoms with Crippen molar-refractivity contribution in [2.75, 3.05) is 30.5 Å². The Morgan fingerprint density at radius 2 is 1.52 bits per heavy atom. The molecule has 0 fully saturated rings. The van der Waals surface area contributed by atoms with Gasteiger partial charge < -0.3 is 9.47 Å². The molecule has 0 radical (unpaired) electrons. The van der Waals surface area contributed by atoms with Crippen molar-refractivity contribution < 1.29 is 19.1 Å². The lowest BCUT2D eigenvalue weighted by Gasteiger charge is -2.09. The largest absolute Gasteiger partial charge is 0.459 e. The average molecular weight is 317 g/mol. The maximum Gasteiger partial charge on any atom is 0.356 e. The summed E-state index contributed by atoms with van der Waals surface area (Å²) in [7, 11) is 0.128. The van der Waals surface area contributed by atoms with Gasteiger partial charge in [0.25, 0.3) is 0 Å². The van der Waals surface area contributed by atoms with Crippen molar-refractivity contribution in [2.45, 2.75) is 46.5 Å². The molecular formula is C16H29O4S+. The van der Waals surface area contributed by atoms with Crippen molar-refractivity contribution in [3.8, 4) is 0 Å². The fraction of sp³-hybridized carbons (Fsp3) is 0.750. The lowest BCUT2D eigenvalue weighted by molar-refractivity contribution is -0.148. The van der Waals surface area contributed by atoms with E-state index in [1.165, 1.54) is 0 Å². The number of esters is 2. The smallest absolute Gasteiger partial charge is 0.356 e. The van der Waals surface area contributed by atoms with Crippen molar-refractivity contribution in [1.29, 1.82) is 0 Å². The fourth-order valence-electron chi connectivity index (χ4n) is 1.56. The van der Waals surface area contributed by atoms with Gasteiger partial charge in [-0.3, -0.25) is 0 Å². The lowest BCUT2D eigenvalue weighted by atomic mass is 10.4. The molecule has 0 spiro atoms. The van der Waals surface area contributed by atoms with E-state index < -0.39 is 5.97 Å². The summed E-state index contributed by atoms with van der Waals surface area (Å²) in [6.07, 6.45) is 4.63. The molecule has 5 heteroatoms. The van der Waals surface area contributed by atoms with Crippen LogP contribution in [0.2, 0.25) is 0 Å². The highest BCUT2D eigenvalue weighted by molar-refractivity contribution is 7.97. The van der Waals surface area contributed by atoms with Gasteiger partial charge in [0.1, 0.15) is 24.7 Å². The monoisotopic (exact) mass is 317 g/mol. The molecular weight excluding hydrogens is 288 g/mol. The quantitative estimate of drug-likeness (QED) is 0.240. The van der Waals surface area contributed by atoms with Crippen LogP contribution in [0.5, 0.6) is 0 Å². The van der Waals surface area contributed by atoms with Crippen LogP contribution in [0, 0.1) is 0 Å². The van der Waals surface area contributed by atoms with Crippen LogP contribution in [0.1, 0.15) is 46.5 Å². The molecule has 0 N–H and O–H groups in total. The molecule has 0 heterocycles. The van der Waals surface area contributed by atoms with E-state index in [4.69, 9.17) is 9.47 Å². The number of carbonyl (C=O) groups is 2. The normalized spacial score (nSPS) is 10.5. The molecule has 122 valence electrons. The van der Waals surface area contributed by atoms with Crippen LogP contribution < -0.4 is 0 Å². The molecule has 0 aromatic heterocycles. The van der Waals surface area contributed by atoms with Gasteiger partial charge in [-0.2, -0.15) is 0 Å². The summed E-state index contributed by atoms with van der Waals surface area (Å²) < 4.78 is 10.00. The highest BCUT2D eigenvalue weighted by atomic mass is 32.2. The number of rotatable bonds is 12. The summed E-state index contributed by atoms with van der Waals surface area (Å²) >= 11 is 0. The summed E-state index contributed by atoms with van der Waals surface area (Å²) in [5.41, 5.74) is 0.349. The molecule has 0 bridgehead atoms. The van der Waals surface area contributed by atoms with Gasteiger partial charge in [-0.15, -0.1) is 0 Å². The number of unbranched alkanes of at least 4 members (excludes halogenated alkanes) is 2. The standard InChI is InChI=1S/C16H29O4S/c1-5-7-11-21(12-8-6-2)13-15(17)19-9-10-20-16(18)14(3)4/h3,5-13H2,1-2,4H3/q+1. The molecule has 0 rings (SSSR count). The minimum Gasteiger partial charge on any atom is -0.459 e. The van der Waals surface area contributed by atoms with E-state index in [1.54, 1.807) is 6.92 Å². The van der Waals surface area contributed by atoms with E-state index in [1.807, 2.05) is 0 Å².